The summed E-state index contributed by atoms with van der Waals surface area (Å²) in [5.41, 5.74) is 5.82. The number of aliphatic carboxylic acids is 6. The minimum Gasteiger partial charge on any atom is -0.508 e. The number of thiazole rings is 1. The maximum Gasteiger partial charge on any atom is 0.426 e. The van der Waals surface area contributed by atoms with Crippen LogP contribution >= 0.6 is 32.9 Å². The van der Waals surface area contributed by atoms with Gasteiger partial charge in [0.1, 0.15) is 59.3 Å². The van der Waals surface area contributed by atoms with E-state index in [1.807, 2.05) is 39.6 Å². The van der Waals surface area contributed by atoms with Gasteiger partial charge in [-0.15, -0.1) is 11.3 Å². The Morgan fingerprint density at radius 2 is 1.23 bits per heavy atom. The number of hydrazine groups is 1. The zero-order valence-corrected chi connectivity index (χ0v) is 72.6. The Balaban J connectivity index is 1.28. The molecular formula is C79H114N14O28S3. The van der Waals surface area contributed by atoms with Gasteiger partial charge in [0, 0.05) is 74.2 Å². The van der Waals surface area contributed by atoms with Crippen molar-refractivity contribution < 1.29 is 136 Å². The third-order valence-electron chi connectivity index (χ3n) is 19.6. The number of rotatable bonds is 55. The topological polar surface area (TPSA) is 628 Å². The Kier molecular flexibility index (Phi) is 46.3. The van der Waals surface area contributed by atoms with Crippen molar-refractivity contribution in [3.8, 4) is 5.75 Å². The number of carboxylic acids is 6. The number of amides is 12. The number of likely N-dealkylation sites (tertiary alicyclic amines) is 1. The number of unbranched alkanes of at least 4 members (excludes halogenated alkanes) is 1. The first-order chi connectivity index (χ1) is 58.7. The van der Waals surface area contributed by atoms with E-state index < -0.39 is 194 Å². The van der Waals surface area contributed by atoms with Crippen molar-refractivity contribution in [3.05, 3.63) is 81.3 Å². The number of nitrogens with one attached hydrogen (secondary N) is 11. The monoisotopic (exact) mass is 1800 g/mol. The number of hydrogen-bond acceptors (Lipinski definition) is 27. The minimum atomic E-state index is -2.00. The molecule has 42 nitrogen and oxygen atoms in total. The Bertz CT molecular complexity index is 4120. The lowest BCUT2D eigenvalue weighted by Gasteiger charge is -2.39. The van der Waals surface area contributed by atoms with E-state index in [-0.39, 0.29) is 130 Å². The van der Waals surface area contributed by atoms with Crippen LogP contribution in [0.2, 0.25) is 0 Å². The highest BCUT2D eigenvalue weighted by atomic mass is 33.1. The number of ether oxygens (including phenoxy) is 3. The molecule has 2 heterocycles. The Labute approximate surface area is 727 Å². The summed E-state index contributed by atoms with van der Waals surface area (Å²) in [6, 6.07) is -1.16. The van der Waals surface area contributed by atoms with Crippen molar-refractivity contribution in [2.24, 2.45) is 17.8 Å². The second-order valence-corrected chi connectivity index (χ2v) is 33.4. The van der Waals surface area contributed by atoms with Gasteiger partial charge in [-0.3, -0.25) is 67.9 Å². The minimum absolute atomic E-state index is 0.00307. The zero-order chi connectivity index (χ0) is 92.3. The predicted octanol–water partition coefficient (Wildman–Crippen LogP) is 3.68. The Morgan fingerprint density at radius 3 is 1.81 bits per heavy atom. The molecule has 2 aromatic carbocycles. The van der Waals surface area contributed by atoms with Crippen molar-refractivity contribution in [2.45, 2.75) is 231 Å². The number of phenols is 1. The van der Waals surface area contributed by atoms with Gasteiger partial charge < -0.3 is 103 Å². The molecule has 0 radical (unpaired) electrons. The largest absolute Gasteiger partial charge is 0.508 e. The maximum absolute atomic E-state index is 15.0. The third-order valence-corrected chi connectivity index (χ3v) is 22.9. The molecule has 12 amide bonds. The lowest BCUT2D eigenvalue weighted by molar-refractivity contribution is -0.161. The Morgan fingerprint density at radius 1 is 0.629 bits per heavy atom. The molecule has 1 unspecified atom stereocenters. The highest BCUT2D eigenvalue weighted by Crippen LogP contribution is 2.33. The molecular weight excluding hydrogens is 1690 g/mol. The molecule has 1 aliphatic heterocycles. The van der Waals surface area contributed by atoms with E-state index in [2.05, 4.69) is 63.7 Å². The number of carbonyl (C=O) groups excluding carboxylic acids is 12. The number of piperidine rings is 1. The van der Waals surface area contributed by atoms with E-state index in [1.165, 1.54) is 60.5 Å². The predicted molar refractivity (Wildman–Crippen MR) is 447 cm³/mol. The summed E-state index contributed by atoms with van der Waals surface area (Å²) in [6.07, 6.45) is -1.69. The van der Waals surface area contributed by atoms with Crippen LogP contribution in [-0.4, -0.2) is 257 Å². The number of urea groups is 2. The van der Waals surface area contributed by atoms with E-state index in [0.29, 0.717) is 42.5 Å². The van der Waals surface area contributed by atoms with Crippen molar-refractivity contribution in [3.63, 3.8) is 0 Å². The molecule has 124 heavy (non-hydrogen) atoms. The molecule has 0 bridgehead atoms. The van der Waals surface area contributed by atoms with Gasteiger partial charge in [-0.2, -0.15) is 0 Å². The van der Waals surface area contributed by atoms with Crippen molar-refractivity contribution >= 4 is 140 Å². The summed E-state index contributed by atoms with van der Waals surface area (Å²) in [5.74, 6) is -17.9. The molecule has 1 aliphatic rings. The van der Waals surface area contributed by atoms with E-state index in [4.69, 9.17) is 19.3 Å². The summed E-state index contributed by atoms with van der Waals surface area (Å²) >= 11 is 1.00. The molecule has 4 rings (SSSR count). The molecule has 1 fully saturated rings. The van der Waals surface area contributed by atoms with Gasteiger partial charge in [-0.1, -0.05) is 112 Å². The van der Waals surface area contributed by atoms with Crippen LogP contribution < -0.4 is 58.7 Å². The van der Waals surface area contributed by atoms with Gasteiger partial charge in [0.25, 0.3) is 5.91 Å². The molecule has 45 heteroatoms. The second kappa shape index (κ2) is 54.8. The highest BCUT2D eigenvalue weighted by Gasteiger charge is 2.41. The lowest BCUT2D eigenvalue weighted by Crippen LogP contribution is -2.59. The van der Waals surface area contributed by atoms with Gasteiger partial charge in [0.15, 0.2) is 12.8 Å². The SMILES string of the molecule is CCCC(=O)OCN(C(=O)[C@@H](NC(=O)[C@H]1CCCCN1C)C(C)CC)[C@H](C[C@@H](OC(C)=O)c1nc(C(=O)N[C@@H](Cc2ccc(O)cc2)C[C@H](C)C(=O)NNC(=O)OCCSSC[C@H](NC(=O)[C@H](CC(=O)O)NC(=O)[C@H](CC(=O)O)NC(=O)Cc2ccc(CNC(=O)NCCCC[C@@H](NC(=O)N[C@H](CCCC(=O)O)C(=O)O)C(=O)O)cc2)C(=O)O)cs1)C(C)C. The lowest BCUT2D eigenvalue weighted by atomic mass is 9.92. The smallest absolute Gasteiger partial charge is 0.426 e. The summed E-state index contributed by atoms with van der Waals surface area (Å²) in [6.45, 7) is 11.9. The normalized spacial score (nSPS) is 15.2. The third kappa shape index (κ3) is 39.3. The number of hydrogen-bond donors (Lipinski definition) is 18. The summed E-state index contributed by atoms with van der Waals surface area (Å²) in [4.78, 5) is 238. The number of aromatic nitrogens is 1. The van der Waals surface area contributed by atoms with Gasteiger partial charge in [0.05, 0.1) is 25.3 Å². The fourth-order valence-corrected chi connectivity index (χ4v) is 15.5. The van der Waals surface area contributed by atoms with Gasteiger partial charge in [0.2, 0.25) is 35.4 Å². The van der Waals surface area contributed by atoms with Gasteiger partial charge >= 0.3 is 65.9 Å². The van der Waals surface area contributed by atoms with E-state index in [0.717, 1.165) is 45.8 Å². The highest BCUT2D eigenvalue weighted by molar-refractivity contribution is 8.76. The standard InChI is InChI=1S/C79H114N14O28S3/c1-9-16-65(103)120-42-93(73(109)66(44(5)10-2)89-71(108)58-19-12-14-30-92(58)8)59(43(3)4)38-60(121-46(7)94)72-86-56(40-122-72)70(107)82-50(34-47-25-27-51(95)28-26-47)33-45(6)67(104)90-91-79(118)119-31-32-123-124-41-57(76(114)115)85-69(106)55(37-64(101)102)84-68(105)54(36-63(99)100)83-61(96)35-48-21-23-49(24-22-48)39-81-77(116)80-29-13-11-17-52(74(110)111)87-78(117)88-53(75(112)113)18-15-20-62(97)98/h21-28,40,43-45,50,52-55,57-60,66,95H,9-20,29-39,41-42H2,1-8H3,(H,82,107)(H,83,96)(H,84,105)(H,85,106)(H,89,108)(H,90,104)(H,91,118)(H,97,98)(H,99,100)(H,101,102)(H,110,111)(H,112,113)(H,114,115)(H2,80,81,116)(H2,87,88,117)/t44?,45-,50+,52+,53+,54-,55-,57-,58+,59+,60+,66-/m0/s1. The van der Waals surface area contributed by atoms with Crippen LogP contribution in [0, 0.1) is 17.8 Å². The molecule has 18 N–H and O–H groups in total. The second-order valence-electron chi connectivity index (χ2n) is 29.9. The summed E-state index contributed by atoms with van der Waals surface area (Å²) < 4.78 is 16.7. The number of benzene rings is 2. The van der Waals surface area contributed by atoms with Crippen LogP contribution in [0.4, 0.5) is 14.4 Å². The molecule has 1 saturated heterocycles. The molecule has 0 spiro atoms. The number of carbonyl (C=O) groups is 18. The first kappa shape index (κ1) is 105. The Hall–Kier alpha value is -11.6. The summed E-state index contributed by atoms with van der Waals surface area (Å²) in [5, 5.41) is 90.5. The van der Waals surface area contributed by atoms with Gasteiger partial charge in [-0.25, -0.2) is 39.2 Å². The van der Waals surface area contributed by atoms with Crippen LogP contribution in [-0.2, 0) is 101 Å². The average molecular weight is 1800 g/mol. The molecule has 0 aliphatic carbocycles. The maximum atomic E-state index is 15.0. The van der Waals surface area contributed by atoms with Crippen molar-refractivity contribution in [1.29, 1.82) is 0 Å². The molecule has 0 saturated carbocycles. The van der Waals surface area contributed by atoms with Crippen LogP contribution in [0.3, 0.4) is 0 Å². The fourth-order valence-electron chi connectivity index (χ4n) is 12.6. The molecule has 1 aromatic heterocycles. The number of nitrogens with zero attached hydrogens (tertiary/aromatic N) is 3. The number of aromatic hydroxyl groups is 1. The number of phenolic OH excluding ortho intramolecular Hbond substituents is 1. The first-order valence-corrected chi connectivity index (χ1v) is 43.6. The number of likely N-dealkylation sites (N-methyl/N-ethyl adjacent to an activating group) is 1. The van der Waals surface area contributed by atoms with Crippen molar-refractivity contribution in [2.75, 3.05) is 45.0 Å². The van der Waals surface area contributed by atoms with Crippen molar-refractivity contribution in [1.82, 2.24) is 73.5 Å². The average Bonchev–Trinajstić information content (AvgIpc) is 1.29. The summed E-state index contributed by atoms with van der Waals surface area (Å²) in [7, 11) is 3.70. The quantitative estimate of drug-likeness (QED) is 0.00957. The zero-order valence-electron chi connectivity index (χ0n) is 70.1. The van der Waals surface area contributed by atoms with Gasteiger partial charge in [-0.05, 0) is 118 Å². The first-order valence-electron chi connectivity index (χ1n) is 40.2. The van der Waals surface area contributed by atoms with Crippen LogP contribution in [0.5, 0.6) is 5.75 Å². The number of carboxylic acid groups (broad SMARTS) is 6. The molecule has 12 atom stereocenters. The fraction of sp³-hybridized carbons (Fsp3) is 0.582. The molecule has 686 valence electrons. The van der Waals surface area contributed by atoms with Crippen LogP contribution in [0.15, 0.2) is 53.9 Å². The number of esters is 2. The van der Waals surface area contributed by atoms with E-state index in [9.17, 15) is 112 Å². The van der Waals surface area contributed by atoms with Crippen LogP contribution in [0.1, 0.15) is 189 Å². The van der Waals surface area contributed by atoms with E-state index >= 15 is 4.79 Å². The van der Waals surface area contributed by atoms with Crippen LogP contribution in [0.25, 0.3) is 0 Å². The molecule has 3 aromatic rings. The van der Waals surface area contributed by atoms with E-state index in [1.54, 1.807) is 19.1 Å².